The Kier molecular flexibility index (Phi) is 7.43. The number of carbonyl (C=O) groups excluding carboxylic acids is 1. The summed E-state index contributed by atoms with van der Waals surface area (Å²) >= 11 is 0. The van der Waals surface area contributed by atoms with Crippen LogP contribution in [0.25, 0.3) is 0 Å². The van der Waals surface area contributed by atoms with Gasteiger partial charge in [-0.05, 0) is 37.5 Å². The molecule has 1 amide bonds. The van der Waals surface area contributed by atoms with Crippen molar-refractivity contribution in [1.29, 1.82) is 0 Å². The molecule has 0 unspecified atom stereocenters. The molecule has 9 nitrogen and oxygen atoms in total. The molecule has 1 fully saturated rings. The third-order valence-corrected chi connectivity index (χ3v) is 6.24. The molecule has 1 saturated heterocycles. The Morgan fingerprint density at radius 2 is 2.13 bits per heavy atom. The molecule has 162 valence electrons. The highest BCUT2D eigenvalue weighted by Gasteiger charge is 2.34. The van der Waals surface area contributed by atoms with Gasteiger partial charge in [0.25, 0.3) is 5.91 Å². The quantitative estimate of drug-likeness (QED) is 0.551. The number of ether oxygens (including phenoxy) is 1. The van der Waals surface area contributed by atoms with E-state index in [1.165, 1.54) is 30.7 Å². The maximum atomic E-state index is 13.4. The zero-order valence-corrected chi connectivity index (χ0v) is 16.9. The molecule has 1 aromatic heterocycles. The molecular weight excluding hydrogens is 415 g/mol. The predicted octanol–water partition coefficient (Wildman–Crippen LogP) is 0.623. The second-order valence-electron chi connectivity index (χ2n) is 6.88. The number of nitrogens with one attached hydrogen (secondary N) is 2. The summed E-state index contributed by atoms with van der Waals surface area (Å²) in [5.41, 5.74) is 0.210. The number of carbonyl (C=O) groups is 1. The number of aliphatic hydroxyl groups excluding tert-OH is 1. The smallest absolute Gasteiger partial charge is 0.271 e. The number of hydrogen-bond donors (Lipinski definition) is 3. The first-order valence-electron chi connectivity index (χ1n) is 9.47. The summed E-state index contributed by atoms with van der Waals surface area (Å²) in [7, 11) is -3.95. The average molecular weight is 438 g/mol. The molecule has 0 aliphatic carbocycles. The van der Waals surface area contributed by atoms with E-state index in [0.717, 1.165) is 12.1 Å². The van der Waals surface area contributed by atoms with Gasteiger partial charge < -0.3 is 15.2 Å². The summed E-state index contributed by atoms with van der Waals surface area (Å²) in [4.78, 5) is 19.5. The summed E-state index contributed by atoms with van der Waals surface area (Å²) in [6, 6.07) is 4.06. The van der Waals surface area contributed by atoms with Crippen molar-refractivity contribution in [3.05, 3.63) is 54.4 Å². The van der Waals surface area contributed by atoms with Gasteiger partial charge in [-0.15, -0.1) is 0 Å². The Balaban J connectivity index is 1.51. The van der Waals surface area contributed by atoms with Crippen LogP contribution in [0.2, 0.25) is 0 Å². The van der Waals surface area contributed by atoms with Gasteiger partial charge in [0.2, 0.25) is 10.0 Å². The van der Waals surface area contributed by atoms with Gasteiger partial charge >= 0.3 is 0 Å². The van der Waals surface area contributed by atoms with Gasteiger partial charge in [0.1, 0.15) is 11.5 Å². The minimum Gasteiger partial charge on any atom is -0.394 e. The van der Waals surface area contributed by atoms with Crippen molar-refractivity contribution in [3.8, 4) is 0 Å². The zero-order chi connectivity index (χ0) is 21.6. The minimum atomic E-state index is -3.95. The van der Waals surface area contributed by atoms with E-state index in [0.29, 0.717) is 25.8 Å². The van der Waals surface area contributed by atoms with Crippen molar-refractivity contribution in [3.63, 3.8) is 0 Å². The highest BCUT2D eigenvalue weighted by atomic mass is 32.2. The van der Waals surface area contributed by atoms with Crippen LogP contribution >= 0.6 is 0 Å². The van der Waals surface area contributed by atoms with Crippen LogP contribution in [0.5, 0.6) is 0 Å². The summed E-state index contributed by atoms with van der Waals surface area (Å²) < 4.78 is 46.7. The summed E-state index contributed by atoms with van der Waals surface area (Å²) in [6.07, 6.45) is 4.73. The number of benzene rings is 1. The van der Waals surface area contributed by atoms with Crippen LogP contribution in [-0.2, 0) is 14.8 Å². The summed E-state index contributed by atoms with van der Waals surface area (Å²) in [5.74, 6) is -1.00. The van der Waals surface area contributed by atoms with E-state index >= 15 is 0 Å². The second kappa shape index (κ2) is 10.0. The SMILES string of the molecule is O=C(NCC[C@@H]1CC[C@@H](NS(=O)(=O)c2cccc(F)c2)[C@H](CO)O1)c1cnccn1. The van der Waals surface area contributed by atoms with Crippen molar-refractivity contribution in [2.75, 3.05) is 13.2 Å². The van der Waals surface area contributed by atoms with Crippen molar-refractivity contribution < 1.29 is 27.4 Å². The normalized spacial score (nSPS) is 21.9. The second-order valence-corrected chi connectivity index (χ2v) is 8.59. The fourth-order valence-electron chi connectivity index (χ4n) is 3.23. The van der Waals surface area contributed by atoms with Crippen LogP contribution in [0.15, 0.2) is 47.8 Å². The van der Waals surface area contributed by atoms with Gasteiger partial charge in [-0.2, -0.15) is 0 Å². The van der Waals surface area contributed by atoms with Gasteiger partial charge in [0.05, 0.1) is 35.9 Å². The number of halogens is 1. The third kappa shape index (κ3) is 5.79. The number of rotatable bonds is 8. The molecular formula is C19H23FN4O5S. The van der Waals surface area contributed by atoms with Gasteiger partial charge in [-0.1, -0.05) is 6.07 Å². The lowest BCUT2D eigenvalue weighted by atomic mass is 9.98. The van der Waals surface area contributed by atoms with E-state index < -0.39 is 28.0 Å². The molecule has 1 aromatic carbocycles. The molecule has 0 radical (unpaired) electrons. The lowest BCUT2D eigenvalue weighted by Gasteiger charge is -2.36. The monoisotopic (exact) mass is 438 g/mol. The van der Waals surface area contributed by atoms with Crippen LogP contribution in [0.4, 0.5) is 4.39 Å². The van der Waals surface area contributed by atoms with Crippen molar-refractivity contribution in [2.24, 2.45) is 0 Å². The first-order valence-corrected chi connectivity index (χ1v) is 11.0. The Morgan fingerprint density at radius 1 is 1.30 bits per heavy atom. The number of nitrogens with zero attached hydrogens (tertiary/aromatic N) is 2. The average Bonchev–Trinajstić information content (AvgIpc) is 2.75. The maximum absolute atomic E-state index is 13.4. The van der Waals surface area contributed by atoms with Crippen LogP contribution in [0.1, 0.15) is 29.8 Å². The third-order valence-electron chi connectivity index (χ3n) is 4.76. The van der Waals surface area contributed by atoms with E-state index in [-0.39, 0.29) is 29.2 Å². The molecule has 11 heteroatoms. The highest BCUT2D eigenvalue weighted by molar-refractivity contribution is 7.89. The predicted molar refractivity (Wildman–Crippen MR) is 104 cm³/mol. The lowest BCUT2D eigenvalue weighted by Crippen LogP contribution is -2.51. The fourth-order valence-corrected chi connectivity index (χ4v) is 4.56. The van der Waals surface area contributed by atoms with Gasteiger partial charge in [-0.3, -0.25) is 9.78 Å². The molecule has 3 N–H and O–H groups in total. The summed E-state index contributed by atoms with van der Waals surface area (Å²) in [5, 5.41) is 12.4. The zero-order valence-electron chi connectivity index (χ0n) is 16.1. The minimum absolute atomic E-state index is 0.187. The number of sulfonamides is 1. The molecule has 30 heavy (non-hydrogen) atoms. The first kappa shape index (κ1) is 22.2. The van der Waals surface area contributed by atoms with Gasteiger partial charge in [0, 0.05) is 18.9 Å². The lowest BCUT2D eigenvalue weighted by molar-refractivity contribution is -0.0871. The Bertz CT molecular complexity index is 960. The first-order chi connectivity index (χ1) is 14.4. The molecule has 3 rings (SSSR count). The Labute approximate surface area is 173 Å². The Hall–Kier alpha value is -2.47. The fraction of sp³-hybridized carbons (Fsp3) is 0.421. The van der Waals surface area contributed by atoms with Gasteiger partial charge in [-0.25, -0.2) is 22.5 Å². The van der Waals surface area contributed by atoms with Crippen molar-refractivity contribution in [1.82, 2.24) is 20.0 Å². The molecule has 1 aliphatic rings. The molecule has 2 heterocycles. The molecule has 0 bridgehead atoms. The van der Waals surface area contributed by atoms with E-state index in [4.69, 9.17) is 4.74 Å². The van der Waals surface area contributed by atoms with E-state index in [1.807, 2.05) is 0 Å². The number of hydrogen-bond acceptors (Lipinski definition) is 7. The van der Waals surface area contributed by atoms with E-state index in [9.17, 15) is 22.7 Å². The number of aliphatic hydroxyl groups is 1. The molecule has 1 aliphatic heterocycles. The van der Waals surface area contributed by atoms with Crippen LogP contribution < -0.4 is 10.0 Å². The molecule has 2 aromatic rings. The number of aromatic nitrogens is 2. The summed E-state index contributed by atoms with van der Waals surface area (Å²) in [6.45, 7) is -0.0449. The van der Waals surface area contributed by atoms with E-state index in [1.54, 1.807) is 0 Å². The maximum Gasteiger partial charge on any atom is 0.271 e. The number of amides is 1. The molecule has 0 saturated carbocycles. The topological polar surface area (TPSA) is 131 Å². The molecule has 0 spiro atoms. The van der Waals surface area contributed by atoms with Crippen molar-refractivity contribution >= 4 is 15.9 Å². The van der Waals surface area contributed by atoms with Crippen LogP contribution in [0.3, 0.4) is 0 Å². The largest absolute Gasteiger partial charge is 0.394 e. The van der Waals surface area contributed by atoms with E-state index in [2.05, 4.69) is 20.0 Å². The van der Waals surface area contributed by atoms with Crippen LogP contribution in [0, 0.1) is 5.82 Å². The van der Waals surface area contributed by atoms with Gasteiger partial charge in [0.15, 0.2) is 0 Å². The molecule has 3 atom stereocenters. The Morgan fingerprint density at radius 3 is 2.83 bits per heavy atom. The van der Waals surface area contributed by atoms with Crippen molar-refractivity contribution in [2.45, 2.75) is 42.4 Å². The van der Waals surface area contributed by atoms with Crippen LogP contribution in [-0.4, -0.2) is 60.8 Å². The highest BCUT2D eigenvalue weighted by Crippen LogP contribution is 2.23. The standard InChI is InChI=1S/C19H23FN4O5S/c20-13-2-1-3-15(10-13)30(27,28)24-16-5-4-14(29-18(16)12-25)6-7-23-19(26)17-11-21-8-9-22-17/h1-3,8-11,14,16,18,24-25H,4-7,12H2,(H,23,26)/t14-,16+,18-/m0/s1.